The van der Waals surface area contributed by atoms with Gasteiger partial charge in [-0.2, -0.15) is 0 Å². The third kappa shape index (κ3) is 27.6. The summed E-state index contributed by atoms with van der Waals surface area (Å²) in [5, 5.41) is 7.84. The normalized spacial score (nSPS) is 9.56. The number of aliphatic hydroxyl groups is 1. The third-order valence-corrected chi connectivity index (χ3v) is 0.774. The van der Waals surface area contributed by atoms with Crippen molar-refractivity contribution in [1.82, 2.24) is 0 Å². The summed E-state index contributed by atoms with van der Waals surface area (Å²) in [7, 11) is 0. The molecule has 0 aliphatic heterocycles. The summed E-state index contributed by atoms with van der Waals surface area (Å²) in [4.78, 5) is 0. The smallest absolute Gasteiger partial charge is 0.772 e. The van der Waals surface area contributed by atoms with Gasteiger partial charge in [-0.05, 0) is 0 Å². The first-order chi connectivity index (χ1) is 2.77. The Morgan fingerprint density at radius 3 is 1.78 bits per heavy atom. The van der Waals surface area contributed by atoms with Crippen LogP contribution in [0.15, 0.2) is 0 Å². The Hall–Kier alpha value is 0.990. The van der Waals surface area contributed by atoms with E-state index in [-0.39, 0.29) is 52.9 Å². The second-order valence-electron chi connectivity index (χ2n) is 0.731. The van der Waals surface area contributed by atoms with Gasteiger partial charge in [0, 0.05) is 5.75 Å². The van der Waals surface area contributed by atoms with Gasteiger partial charge in [-0.25, -0.2) is 0 Å². The molecule has 9 heavy (non-hydrogen) atoms. The average molecular weight is 168 g/mol. The van der Waals surface area contributed by atoms with E-state index in [4.69, 9.17) is 5.11 Å². The molecule has 5 nitrogen and oxygen atoms in total. The number of hydrogen-bond acceptors (Lipinski definition) is 3. The number of rotatable bonds is 2. The van der Waals surface area contributed by atoms with Crippen LogP contribution >= 0.6 is 0 Å². The van der Waals surface area contributed by atoms with Crippen LogP contribution in [-0.4, -0.2) is 37.2 Å². The van der Waals surface area contributed by atoms with Crippen molar-refractivity contribution in [2.75, 3.05) is 12.4 Å². The molecule has 0 aromatic rings. The van der Waals surface area contributed by atoms with Gasteiger partial charge in [-0.3, -0.25) is 4.21 Å². The Morgan fingerprint density at radius 1 is 1.44 bits per heavy atom. The summed E-state index contributed by atoms with van der Waals surface area (Å²) in [5.74, 6) is -0.153. The first-order valence-corrected chi connectivity index (χ1v) is 2.68. The summed E-state index contributed by atoms with van der Waals surface area (Å²) in [6.45, 7) is -0.282. The van der Waals surface area contributed by atoms with Gasteiger partial charge in [-0.1, -0.05) is 11.1 Å². The molecule has 0 radical (unpaired) electrons. The van der Waals surface area contributed by atoms with Crippen molar-refractivity contribution in [1.29, 1.82) is 0 Å². The molecular weight excluding hydrogens is 159 g/mol. The van der Waals surface area contributed by atoms with E-state index in [1.54, 1.807) is 0 Å². The number of aliphatic hydroxyl groups excluding tert-OH is 1. The summed E-state index contributed by atoms with van der Waals surface area (Å²) in [5.41, 5.74) is 0. The molecule has 1 unspecified atom stereocenters. The van der Waals surface area contributed by atoms with Crippen molar-refractivity contribution in [2.24, 2.45) is 0 Å². The fourth-order valence-electron chi connectivity index (χ4n) is 0.0745. The van der Waals surface area contributed by atoms with Crippen LogP contribution in [0.1, 0.15) is 0 Å². The summed E-state index contributed by atoms with van der Waals surface area (Å²) < 4.78 is 18.9. The zero-order valence-electron chi connectivity index (χ0n) is 5.09. The predicted octanol–water partition coefficient (Wildman–Crippen LogP) is -5.79. The molecule has 0 saturated carbocycles. The molecule has 0 aromatic carbocycles. The topological polar surface area (TPSA) is 123 Å². The molecule has 5 N–H and O–H groups in total. The van der Waals surface area contributed by atoms with Crippen molar-refractivity contribution >= 4 is 11.1 Å². The van der Waals surface area contributed by atoms with Crippen molar-refractivity contribution in [3.8, 4) is 0 Å². The Morgan fingerprint density at radius 2 is 1.78 bits per heavy atom. The van der Waals surface area contributed by atoms with E-state index in [2.05, 4.69) is 0 Å². The van der Waals surface area contributed by atoms with Crippen molar-refractivity contribution < 1.29 is 54.4 Å². The second-order valence-corrected chi connectivity index (χ2v) is 1.75. The SMILES string of the molecule is O.O.O=S([O-])CCO.[Na+]. The quantitative estimate of drug-likeness (QED) is 0.326. The van der Waals surface area contributed by atoms with Crippen molar-refractivity contribution in [2.45, 2.75) is 0 Å². The fraction of sp³-hybridized carbons (Fsp3) is 1.00. The zero-order chi connectivity index (χ0) is 4.99. The summed E-state index contributed by atoms with van der Waals surface area (Å²) >= 11 is -2.07. The van der Waals surface area contributed by atoms with Gasteiger partial charge in [-0.15, -0.1) is 0 Å². The number of hydrogen-bond donors (Lipinski definition) is 1. The van der Waals surface area contributed by atoms with Crippen molar-refractivity contribution in [3.05, 3.63) is 0 Å². The van der Waals surface area contributed by atoms with Crippen LogP contribution in [0.25, 0.3) is 0 Å². The Kier molecular flexibility index (Phi) is 40.0. The van der Waals surface area contributed by atoms with Crippen LogP contribution in [0.3, 0.4) is 0 Å². The second kappa shape index (κ2) is 16.0. The van der Waals surface area contributed by atoms with Crippen molar-refractivity contribution in [3.63, 3.8) is 0 Å². The van der Waals surface area contributed by atoms with Crippen LogP contribution in [-0.2, 0) is 11.1 Å². The van der Waals surface area contributed by atoms with E-state index in [0.717, 1.165) is 0 Å². The van der Waals surface area contributed by atoms with Crippen LogP contribution in [0.2, 0.25) is 0 Å². The first-order valence-electron chi connectivity index (χ1n) is 1.44. The van der Waals surface area contributed by atoms with E-state index < -0.39 is 11.1 Å². The summed E-state index contributed by atoms with van der Waals surface area (Å²) in [6, 6.07) is 0. The standard InChI is InChI=1S/C2H6O3S.Na.2H2O/c3-1-2-6(4)5;;;/h3H,1-2H2,(H,4,5);;2*1H2/q;+1;;/p-1. The molecule has 0 saturated heterocycles. The van der Waals surface area contributed by atoms with Gasteiger partial charge in [0.2, 0.25) is 0 Å². The molecule has 0 aromatic heterocycles. The van der Waals surface area contributed by atoms with Gasteiger partial charge in [0.15, 0.2) is 0 Å². The van der Waals surface area contributed by atoms with Crippen LogP contribution in [0.4, 0.5) is 0 Å². The minimum Gasteiger partial charge on any atom is -0.772 e. The molecule has 0 bridgehead atoms. The molecule has 0 aliphatic rings. The maximum Gasteiger partial charge on any atom is 1.00 e. The molecule has 0 heterocycles. The first kappa shape index (κ1) is 22.5. The average Bonchev–Trinajstić information content (AvgIpc) is 1.35. The van der Waals surface area contributed by atoms with Crippen LogP contribution in [0, 0.1) is 0 Å². The molecule has 7 heteroatoms. The minimum absolute atomic E-state index is 0. The maximum atomic E-state index is 9.44. The van der Waals surface area contributed by atoms with E-state index in [1.165, 1.54) is 0 Å². The largest absolute Gasteiger partial charge is 1.00 e. The van der Waals surface area contributed by atoms with E-state index in [9.17, 15) is 8.76 Å². The molecule has 0 aliphatic carbocycles. The maximum absolute atomic E-state index is 9.44. The monoisotopic (exact) mass is 168 g/mol. The Balaban J connectivity index is -0.0000000417. The predicted molar refractivity (Wildman–Crippen MR) is 28.1 cm³/mol. The molecule has 54 valence electrons. The molecule has 0 spiro atoms. The van der Waals surface area contributed by atoms with E-state index in [0.29, 0.717) is 0 Å². The molecule has 0 fully saturated rings. The Bertz CT molecular complexity index is 58.9. The fourth-order valence-corrected chi connectivity index (χ4v) is 0.224. The molecular formula is C2H9NaO5S. The van der Waals surface area contributed by atoms with Gasteiger partial charge in [0.05, 0.1) is 6.61 Å². The minimum atomic E-state index is -2.07. The van der Waals surface area contributed by atoms with Crippen LogP contribution in [0.5, 0.6) is 0 Å². The van der Waals surface area contributed by atoms with E-state index >= 15 is 0 Å². The van der Waals surface area contributed by atoms with Gasteiger partial charge in [0.1, 0.15) is 0 Å². The van der Waals surface area contributed by atoms with Crippen LogP contribution < -0.4 is 29.6 Å². The van der Waals surface area contributed by atoms with Gasteiger partial charge >= 0.3 is 29.6 Å². The Labute approximate surface area is 77.7 Å². The molecule has 1 atom stereocenters. The van der Waals surface area contributed by atoms with E-state index in [1.807, 2.05) is 0 Å². The third-order valence-electron chi connectivity index (χ3n) is 0.258. The zero-order valence-corrected chi connectivity index (χ0v) is 7.90. The molecule has 0 rings (SSSR count). The summed E-state index contributed by atoms with van der Waals surface area (Å²) in [6.07, 6.45) is 0. The van der Waals surface area contributed by atoms with Gasteiger partial charge in [0.25, 0.3) is 0 Å². The van der Waals surface area contributed by atoms with Gasteiger partial charge < -0.3 is 20.6 Å². The molecule has 0 amide bonds.